The highest BCUT2D eigenvalue weighted by Gasteiger charge is 2.21. The van der Waals surface area contributed by atoms with Crippen LogP contribution in [-0.4, -0.2) is 26.5 Å². The molecule has 0 amide bonds. The number of aromatic amines is 1. The molecule has 6 aromatic rings. The monoisotopic (exact) mass is 570 g/mol. The van der Waals surface area contributed by atoms with Gasteiger partial charge in [0.25, 0.3) is 0 Å². The minimum absolute atomic E-state index is 0.116. The van der Waals surface area contributed by atoms with Crippen LogP contribution < -0.4 is 11.3 Å². The Hall–Kier alpha value is -5.42. The van der Waals surface area contributed by atoms with Gasteiger partial charge in [-0.3, -0.25) is 9.97 Å². The van der Waals surface area contributed by atoms with Crippen LogP contribution in [-0.2, 0) is 11.5 Å². The predicted molar refractivity (Wildman–Crippen MR) is 151 cm³/mol. The van der Waals surface area contributed by atoms with Gasteiger partial charge in [-0.1, -0.05) is 24.3 Å². The second-order valence-corrected chi connectivity index (χ2v) is 8.83. The van der Waals surface area contributed by atoms with E-state index in [-0.39, 0.29) is 18.4 Å². The van der Waals surface area contributed by atoms with Crippen molar-refractivity contribution >= 4 is 0 Å². The number of halogens is 2. The summed E-state index contributed by atoms with van der Waals surface area (Å²) >= 11 is 0. The fourth-order valence-corrected chi connectivity index (χ4v) is 4.25. The molecule has 6 rings (SSSR count). The van der Waals surface area contributed by atoms with Crippen LogP contribution in [0.5, 0.6) is 0 Å². The first-order chi connectivity index (χ1) is 20.5. The number of hydrogen-bond acceptors (Lipinski definition) is 7. The molecule has 9 nitrogen and oxygen atoms in total. The summed E-state index contributed by atoms with van der Waals surface area (Å²) in [5.41, 5.74) is 3.63. The normalized spacial score (nSPS) is 10.7. The van der Waals surface area contributed by atoms with E-state index in [0.717, 1.165) is 11.1 Å². The van der Waals surface area contributed by atoms with Gasteiger partial charge in [0.15, 0.2) is 6.73 Å². The molecule has 0 aliphatic carbocycles. The van der Waals surface area contributed by atoms with Gasteiger partial charge in [0.05, 0.1) is 16.8 Å². The number of nitrogens with zero attached hydrogens (tertiary/aromatic N) is 3. The lowest BCUT2D eigenvalue weighted by molar-refractivity contribution is 0.0315. The van der Waals surface area contributed by atoms with Crippen molar-refractivity contribution in [3.05, 3.63) is 130 Å². The third-order valence-electron chi connectivity index (χ3n) is 6.18. The molecule has 0 aliphatic rings. The summed E-state index contributed by atoms with van der Waals surface area (Å²) in [7, 11) is 0. The number of H-pyrrole nitrogens is 1. The highest BCUT2D eigenvalue weighted by Crippen LogP contribution is 2.30. The predicted octanol–water partition coefficient (Wildman–Crippen LogP) is 6.14. The summed E-state index contributed by atoms with van der Waals surface area (Å²) in [4.78, 5) is 32.0. The van der Waals surface area contributed by atoms with Crippen LogP contribution >= 0.6 is 0 Å². The fourth-order valence-electron chi connectivity index (χ4n) is 4.25. The molecule has 2 aromatic carbocycles. The van der Waals surface area contributed by atoms with E-state index in [0.29, 0.717) is 40.2 Å². The molecule has 11 heteroatoms. The Kier molecular flexibility index (Phi) is 8.59. The van der Waals surface area contributed by atoms with E-state index in [4.69, 9.17) is 13.8 Å². The molecular weight excluding hydrogens is 546 g/mol. The SMILES string of the molecule is CCOCn1oc(=O)c(-c2ccc(F)cc2)c1-c1ccncc1.O=c1o[nH]c(-c2ccncc2)c1-c1ccc(F)cc1. The van der Waals surface area contributed by atoms with Crippen molar-refractivity contribution in [2.24, 2.45) is 0 Å². The number of rotatable bonds is 7. The van der Waals surface area contributed by atoms with E-state index < -0.39 is 11.3 Å². The second kappa shape index (κ2) is 12.8. The lowest BCUT2D eigenvalue weighted by atomic mass is 10.0. The van der Waals surface area contributed by atoms with E-state index in [9.17, 15) is 18.4 Å². The third-order valence-corrected chi connectivity index (χ3v) is 6.18. The minimum atomic E-state index is -0.497. The van der Waals surface area contributed by atoms with Gasteiger partial charge in [-0.05, 0) is 66.6 Å². The average Bonchev–Trinajstić information content (AvgIpc) is 3.57. The number of pyridine rings is 2. The van der Waals surface area contributed by atoms with Gasteiger partial charge in [-0.2, -0.15) is 4.74 Å². The van der Waals surface area contributed by atoms with Gasteiger partial charge in [0, 0.05) is 42.5 Å². The van der Waals surface area contributed by atoms with E-state index >= 15 is 0 Å². The zero-order valence-electron chi connectivity index (χ0n) is 22.3. The number of nitrogens with one attached hydrogen (secondary N) is 1. The van der Waals surface area contributed by atoms with Gasteiger partial charge in [0.2, 0.25) is 0 Å². The first-order valence-corrected chi connectivity index (χ1v) is 12.8. The Labute approximate surface area is 237 Å². The van der Waals surface area contributed by atoms with Crippen LogP contribution in [0.4, 0.5) is 8.78 Å². The van der Waals surface area contributed by atoms with Gasteiger partial charge in [-0.15, -0.1) is 0 Å². The molecule has 0 atom stereocenters. The Morgan fingerprint density at radius 2 is 1.24 bits per heavy atom. The zero-order chi connectivity index (χ0) is 29.5. The maximum Gasteiger partial charge on any atom is 0.366 e. The maximum absolute atomic E-state index is 13.2. The highest BCUT2D eigenvalue weighted by atomic mass is 19.1. The quantitative estimate of drug-likeness (QED) is 0.245. The zero-order valence-corrected chi connectivity index (χ0v) is 22.3. The molecule has 0 bridgehead atoms. The highest BCUT2D eigenvalue weighted by molar-refractivity contribution is 5.80. The third kappa shape index (κ3) is 6.16. The summed E-state index contributed by atoms with van der Waals surface area (Å²) in [5.74, 6) is -0.716. The fraction of sp³-hybridized carbons (Fsp3) is 0.0968. The van der Waals surface area contributed by atoms with Crippen molar-refractivity contribution in [1.29, 1.82) is 0 Å². The van der Waals surface area contributed by atoms with Crippen molar-refractivity contribution in [2.45, 2.75) is 13.7 Å². The number of benzene rings is 2. The Bertz CT molecular complexity index is 1860. The van der Waals surface area contributed by atoms with Crippen molar-refractivity contribution in [2.75, 3.05) is 6.61 Å². The summed E-state index contributed by atoms with van der Waals surface area (Å²) in [5, 5.41) is 2.59. The lowest BCUT2D eigenvalue weighted by Gasteiger charge is -2.08. The van der Waals surface area contributed by atoms with Crippen LogP contribution in [0.1, 0.15) is 6.92 Å². The molecule has 42 heavy (non-hydrogen) atoms. The van der Waals surface area contributed by atoms with Crippen molar-refractivity contribution < 1.29 is 22.6 Å². The maximum atomic E-state index is 13.2. The molecule has 212 valence electrons. The molecule has 4 aromatic heterocycles. The Balaban J connectivity index is 0.000000171. The number of ether oxygens (including phenoxy) is 1. The molecule has 0 radical (unpaired) electrons. The van der Waals surface area contributed by atoms with Gasteiger partial charge in [0.1, 0.15) is 17.3 Å². The Morgan fingerprint density at radius 3 is 1.79 bits per heavy atom. The van der Waals surface area contributed by atoms with Crippen molar-refractivity contribution in [3.63, 3.8) is 0 Å². The van der Waals surface area contributed by atoms with E-state index in [1.54, 1.807) is 73.3 Å². The topological polar surface area (TPSA) is 116 Å². The van der Waals surface area contributed by atoms with Gasteiger partial charge < -0.3 is 13.8 Å². The minimum Gasteiger partial charge on any atom is -0.358 e. The second-order valence-electron chi connectivity index (χ2n) is 8.83. The first kappa shape index (κ1) is 28.1. The standard InChI is InChI=1S/C17H15FN2O3.C14H9FN2O2/c1-2-22-11-20-16(13-7-9-19-10-8-13)15(17(21)23-20)12-3-5-14(18)6-4-12;15-11-3-1-9(2-4-11)12-13(17-19-14(12)18)10-5-7-16-8-6-10/h3-10H,2,11H2,1H3;1-8,17H. The first-order valence-electron chi connectivity index (χ1n) is 12.8. The van der Waals surface area contributed by atoms with Crippen LogP contribution in [0.3, 0.4) is 0 Å². The van der Waals surface area contributed by atoms with Gasteiger partial charge >= 0.3 is 11.3 Å². The summed E-state index contributed by atoms with van der Waals surface area (Å²) < 4.78 is 43.0. The van der Waals surface area contributed by atoms with Crippen LogP contribution in [0, 0.1) is 11.6 Å². The van der Waals surface area contributed by atoms with E-state index in [1.165, 1.54) is 29.0 Å². The van der Waals surface area contributed by atoms with Crippen LogP contribution in [0.25, 0.3) is 44.8 Å². The summed E-state index contributed by atoms with van der Waals surface area (Å²) in [6.07, 6.45) is 6.50. The molecule has 0 unspecified atom stereocenters. The number of hydrogen-bond donors (Lipinski definition) is 1. The Morgan fingerprint density at radius 1 is 0.714 bits per heavy atom. The molecule has 0 spiro atoms. The molecule has 0 aliphatic heterocycles. The van der Waals surface area contributed by atoms with E-state index in [1.807, 2.05) is 6.92 Å². The molecule has 0 fully saturated rings. The van der Waals surface area contributed by atoms with E-state index in [2.05, 4.69) is 15.1 Å². The smallest absolute Gasteiger partial charge is 0.358 e. The average molecular weight is 571 g/mol. The molecule has 4 heterocycles. The molecular formula is C31H24F2N4O5. The van der Waals surface area contributed by atoms with Crippen molar-refractivity contribution in [1.82, 2.24) is 19.9 Å². The van der Waals surface area contributed by atoms with Gasteiger partial charge in [-0.25, -0.2) is 23.5 Å². The lowest BCUT2D eigenvalue weighted by Crippen LogP contribution is -2.03. The largest absolute Gasteiger partial charge is 0.366 e. The molecule has 0 saturated heterocycles. The molecule has 0 saturated carbocycles. The number of aromatic nitrogens is 4. The summed E-state index contributed by atoms with van der Waals surface area (Å²) in [6.45, 7) is 2.46. The van der Waals surface area contributed by atoms with Crippen LogP contribution in [0.15, 0.2) is 116 Å². The van der Waals surface area contributed by atoms with Crippen LogP contribution in [0.2, 0.25) is 0 Å². The summed E-state index contributed by atoms with van der Waals surface area (Å²) in [6, 6.07) is 18.5. The van der Waals surface area contributed by atoms with Crippen molar-refractivity contribution in [3.8, 4) is 44.8 Å². The molecule has 1 N–H and O–H groups in total.